The molecule has 0 aromatic carbocycles. The minimum absolute atomic E-state index is 0.0415. The van der Waals surface area contributed by atoms with Crippen LogP contribution in [0.4, 0.5) is 0 Å². The third-order valence-corrected chi connectivity index (χ3v) is 3.01. The number of carbonyl (C=O) groups is 1. The molecule has 0 aliphatic rings. The minimum atomic E-state index is -0.164. The molecule has 0 fully saturated rings. The molecule has 102 valence electrons. The summed E-state index contributed by atoms with van der Waals surface area (Å²) in [5.74, 6) is -0.164. The molecule has 0 aliphatic heterocycles. The van der Waals surface area contributed by atoms with Crippen LogP contribution in [0.5, 0.6) is 0 Å². The van der Waals surface area contributed by atoms with Crippen molar-refractivity contribution in [3.05, 3.63) is 0 Å². The first-order valence-electron chi connectivity index (χ1n) is 6.79. The maximum absolute atomic E-state index is 11.5. The Kier molecular flexibility index (Phi) is 8.23. The molecule has 0 radical (unpaired) electrons. The number of ether oxygens (including phenoxy) is 1. The zero-order chi connectivity index (χ0) is 13.3. The Morgan fingerprint density at radius 3 is 2.29 bits per heavy atom. The van der Waals surface area contributed by atoms with Crippen LogP contribution in [0.15, 0.2) is 0 Å². The number of nitrogens with two attached hydrogens (primary N) is 1. The Labute approximate surface area is 106 Å². The first-order valence-corrected chi connectivity index (χ1v) is 6.79. The number of hydrogen-bond donors (Lipinski definition) is 1. The SMILES string of the molecule is CCCCCCCOC(=O)CC(N)C(C)(C)C. The van der Waals surface area contributed by atoms with Crippen molar-refractivity contribution in [1.82, 2.24) is 0 Å². The second-order valence-corrected chi connectivity index (χ2v) is 5.81. The molecular formula is C14H29NO2. The van der Waals surface area contributed by atoms with Gasteiger partial charge in [-0.3, -0.25) is 4.79 Å². The Bertz CT molecular complexity index is 209. The summed E-state index contributed by atoms with van der Waals surface area (Å²) in [5, 5.41) is 0. The Hall–Kier alpha value is -0.570. The molecule has 0 bridgehead atoms. The Morgan fingerprint density at radius 1 is 1.18 bits per heavy atom. The maximum Gasteiger partial charge on any atom is 0.307 e. The molecule has 0 spiro atoms. The summed E-state index contributed by atoms with van der Waals surface area (Å²) < 4.78 is 5.17. The summed E-state index contributed by atoms with van der Waals surface area (Å²) in [5.41, 5.74) is 5.88. The lowest BCUT2D eigenvalue weighted by Crippen LogP contribution is -2.37. The van der Waals surface area contributed by atoms with Crippen LogP contribution in [0.1, 0.15) is 66.2 Å². The van der Waals surface area contributed by atoms with Gasteiger partial charge in [-0.2, -0.15) is 0 Å². The van der Waals surface area contributed by atoms with E-state index < -0.39 is 0 Å². The van der Waals surface area contributed by atoms with E-state index in [1.165, 1.54) is 19.3 Å². The molecule has 3 nitrogen and oxygen atoms in total. The highest BCUT2D eigenvalue weighted by Crippen LogP contribution is 2.19. The maximum atomic E-state index is 11.5. The first-order chi connectivity index (χ1) is 7.88. The number of carbonyl (C=O) groups excluding carboxylic acids is 1. The number of unbranched alkanes of at least 4 members (excludes halogenated alkanes) is 4. The number of rotatable bonds is 8. The van der Waals surface area contributed by atoms with Crippen LogP contribution >= 0.6 is 0 Å². The molecule has 0 aliphatic carbocycles. The average molecular weight is 243 g/mol. The molecular weight excluding hydrogens is 214 g/mol. The molecule has 0 rings (SSSR count). The quantitative estimate of drug-likeness (QED) is 0.526. The smallest absolute Gasteiger partial charge is 0.307 e. The third kappa shape index (κ3) is 9.16. The summed E-state index contributed by atoms with van der Waals surface area (Å²) in [6, 6.07) is -0.130. The summed E-state index contributed by atoms with van der Waals surface area (Å²) in [6.07, 6.45) is 6.17. The van der Waals surface area contributed by atoms with Gasteiger partial charge in [0.2, 0.25) is 0 Å². The van der Waals surface area contributed by atoms with E-state index in [9.17, 15) is 4.79 Å². The second-order valence-electron chi connectivity index (χ2n) is 5.81. The van der Waals surface area contributed by atoms with E-state index in [2.05, 4.69) is 6.92 Å². The monoisotopic (exact) mass is 243 g/mol. The third-order valence-electron chi connectivity index (χ3n) is 3.01. The fourth-order valence-electron chi connectivity index (χ4n) is 1.44. The fraction of sp³-hybridized carbons (Fsp3) is 0.929. The standard InChI is InChI=1S/C14H29NO2/c1-5-6-7-8-9-10-17-13(16)11-12(15)14(2,3)4/h12H,5-11,15H2,1-4H3. The van der Waals surface area contributed by atoms with Crippen LogP contribution in [-0.2, 0) is 9.53 Å². The number of hydrogen-bond acceptors (Lipinski definition) is 3. The van der Waals surface area contributed by atoms with Crippen molar-refractivity contribution in [2.24, 2.45) is 11.1 Å². The number of esters is 1. The van der Waals surface area contributed by atoms with Crippen molar-refractivity contribution in [3.8, 4) is 0 Å². The van der Waals surface area contributed by atoms with Gasteiger partial charge in [0, 0.05) is 6.04 Å². The molecule has 0 amide bonds. The van der Waals surface area contributed by atoms with Gasteiger partial charge in [0.1, 0.15) is 0 Å². The summed E-state index contributed by atoms with van der Waals surface area (Å²) in [4.78, 5) is 11.5. The van der Waals surface area contributed by atoms with Crippen molar-refractivity contribution in [1.29, 1.82) is 0 Å². The largest absolute Gasteiger partial charge is 0.466 e. The van der Waals surface area contributed by atoms with Crippen LogP contribution in [0.25, 0.3) is 0 Å². The Balaban J connectivity index is 3.53. The lowest BCUT2D eigenvalue weighted by Gasteiger charge is -2.26. The van der Waals surface area contributed by atoms with E-state index in [-0.39, 0.29) is 17.4 Å². The zero-order valence-electron chi connectivity index (χ0n) is 11.9. The topological polar surface area (TPSA) is 52.3 Å². The normalized spacial score (nSPS) is 13.5. The predicted octanol–water partition coefficient (Wildman–Crippen LogP) is 3.26. The van der Waals surface area contributed by atoms with E-state index in [1.54, 1.807) is 0 Å². The highest BCUT2D eigenvalue weighted by Gasteiger charge is 2.23. The van der Waals surface area contributed by atoms with Gasteiger partial charge in [0.25, 0.3) is 0 Å². The van der Waals surface area contributed by atoms with Crippen LogP contribution < -0.4 is 5.73 Å². The predicted molar refractivity (Wildman–Crippen MR) is 71.8 cm³/mol. The van der Waals surface area contributed by atoms with Gasteiger partial charge in [0.05, 0.1) is 13.0 Å². The first kappa shape index (κ1) is 16.4. The molecule has 0 aromatic heterocycles. The van der Waals surface area contributed by atoms with Gasteiger partial charge in [-0.1, -0.05) is 53.4 Å². The van der Waals surface area contributed by atoms with E-state index in [4.69, 9.17) is 10.5 Å². The second kappa shape index (κ2) is 8.51. The lowest BCUT2D eigenvalue weighted by molar-refractivity contribution is -0.144. The van der Waals surface area contributed by atoms with Gasteiger partial charge in [-0.05, 0) is 11.8 Å². The van der Waals surface area contributed by atoms with Crippen molar-refractivity contribution in [2.45, 2.75) is 72.3 Å². The molecule has 0 heterocycles. The molecule has 2 N–H and O–H groups in total. The van der Waals surface area contributed by atoms with Gasteiger partial charge < -0.3 is 10.5 Å². The minimum Gasteiger partial charge on any atom is -0.466 e. The molecule has 1 unspecified atom stereocenters. The van der Waals surface area contributed by atoms with E-state index >= 15 is 0 Å². The van der Waals surface area contributed by atoms with Crippen molar-refractivity contribution >= 4 is 5.97 Å². The summed E-state index contributed by atoms with van der Waals surface area (Å²) >= 11 is 0. The van der Waals surface area contributed by atoms with Crippen LogP contribution in [0.3, 0.4) is 0 Å². The molecule has 0 aromatic rings. The Morgan fingerprint density at radius 2 is 1.76 bits per heavy atom. The summed E-state index contributed by atoms with van der Waals surface area (Å²) in [6.45, 7) is 8.84. The van der Waals surface area contributed by atoms with Gasteiger partial charge >= 0.3 is 5.97 Å². The lowest BCUT2D eigenvalue weighted by atomic mass is 9.85. The highest BCUT2D eigenvalue weighted by molar-refractivity contribution is 5.70. The van der Waals surface area contributed by atoms with Crippen molar-refractivity contribution in [2.75, 3.05) is 6.61 Å². The highest BCUT2D eigenvalue weighted by atomic mass is 16.5. The molecule has 17 heavy (non-hydrogen) atoms. The van der Waals surface area contributed by atoms with Crippen molar-refractivity contribution in [3.63, 3.8) is 0 Å². The fourth-order valence-corrected chi connectivity index (χ4v) is 1.44. The van der Waals surface area contributed by atoms with E-state index in [0.717, 1.165) is 12.8 Å². The van der Waals surface area contributed by atoms with Gasteiger partial charge in [-0.25, -0.2) is 0 Å². The summed E-state index contributed by atoms with van der Waals surface area (Å²) in [7, 11) is 0. The van der Waals surface area contributed by atoms with Crippen LogP contribution in [-0.4, -0.2) is 18.6 Å². The zero-order valence-corrected chi connectivity index (χ0v) is 11.9. The average Bonchev–Trinajstić information content (AvgIpc) is 2.21. The van der Waals surface area contributed by atoms with Gasteiger partial charge in [-0.15, -0.1) is 0 Å². The van der Waals surface area contributed by atoms with Gasteiger partial charge in [0.15, 0.2) is 0 Å². The van der Waals surface area contributed by atoms with Crippen LogP contribution in [0.2, 0.25) is 0 Å². The van der Waals surface area contributed by atoms with E-state index in [1.807, 2.05) is 20.8 Å². The van der Waals surface area contributed by atoms with E-state index in [0.29, 0.717) is 13.0 Å². The van der Waals surface area contributed by atoms with Crippen LogP contribution in [0, 0.1) is 5.41 Å². The van der Waals surface area contributed by atoms with Crippen molar-refractivity contribution < 1.29 is 9.53 Å². The molecule has 1 atom stereocenters. The molecule has 0 saturated carbocycles. The molecule has 0 saturated heterocycles. The molecule has 3 heteroatoms.